The first-order chi connectivity index (χ1) is 12.1. The highest BCUT2D eigenvalue weighted by atomic mass is 16.5. The topological polar surface area (TPSA) is 67.9 Å². The highest BCUT2D eigenvalue weighted by molar-refractivity contribution is 5.89. The van der Waals surface area contributed by atoms with Crippen molar-refractivity contribution < 1.29 is 19.1 Å². The molecule has 1 atom stereocenters. The number of ether oxygens (including phenoxy) is 2. The molecule has 0 bridgehead atoms. The van der Waals surface area contributed by atoms with Crippen molar-refractivity contribution in [2.24, 2.45) is 5.92 Å². The first-order valence-corrected chi connectivity index (χ1v) is 9.03. The van der Waals surface area contributed by atoms with Gasteiger partial charge in [0, 0.05) is 26.1 Å². The minimum atomic E-state index is -0.230. The second kappa shape index (κ2) is 9.30. The molecule has 1 heterocycles. The molecular weight excluding hydrogens is 320 g/mol. The normalized spacial score (nSPS) is 16.8. The van der Waals surface area contributed by atoms with Crippen LogP contribution >= 0.6 is 0 Å². The minimum Gasteiger partial charge on any atom is -0.490 e. The number of carbonyl (C=O) groups is 2. The Labute approximate surface area is 149 Å². The minimum absolute atomic E-state index is 0.0414. The standard InChI is InChI=1S/C19H28N2O4/c1-4-21-13-15(12-18(21)22)19(23)20-10-9-14-7-8-16(24-5-2)17(11-14)25-6-3/h7-8,11,15H,4-6,9-10,12-13H2,1-3H3,(H,20,23)/t15-/m0/s1. The maximum atomic E-state index is 12.2. The van der Waals surface area contributed by atoms with E-state index in [1.165, 1.54) is 0 Å². The molecule has 2 rings (SSSR count). The van der Waals surface area contributed by atoms with Gasteiger partial charge < -0.3 is 19.7 Å². The number of rotatable bonds is 9. The zero-order valence-corrected chi connectivity index (χ0v) is 15.3. The van der Waals surface area contributed by atoms with E-state index in [0.29, 0.717) is 45.7 Å². The fourth-order valence-electron chi connectivity index (χ4n) is 2.98. The van der Waals surface area contributed by atoms with Crippen LogP contribution in [0.1, 0.15) is 32.8 Å². The number of benzene rings is 1. The zero-order valence-electron chi connectivity index (χ0n) is 15.3. The summed E-state index contributed by atoms with van der Waals surface area (Å²) in [7, 11) is 0. The fourth-order valence-corrected chi connectivity index (χ4v) is 2.98. The number of hydrogen-bond acceptors (Lipinski definition) is 4. The number of hydrogen-bond donors (Lipinski definition) is 1. The summed E-state index contributed by atoms with van der Waals surface area (Å²) in [6.07, 6.45) is 1.02. The average molecular weight is 348 g/mol. The molecule has 0 spiro atoms. The van der Waals surface area contributed by atoms with Crippen LogP contribution in [0.5, 0.6) is 11.5 Å². The molecule has 0 radical (unpaired) electrons. The lowest BCUT2D eigenvalue weighted by Gasteiger charge is -2.14. The van der Waals surface area contributed by atoms with Gasteiger partial charge in [-0.15, -0.1) is 0 Å². The van der Waals surface area contributed by atoms with Gasteiger partial charge in [-0.3, -0.25) is 9.59 Å². The molecule has 1 aromatic carbocycles. The SMILES string of the molecule is CCOc1ccc(CCNC(=O)[C@H]2CC(=O)N(CC)C2)cc1OCC. The van der Waals surface area contributed by atoms with Crippen LogP contribution in [0.3, 0.4) is 0 Å². The molecule has 6 heteroatoms. The molecular formula is C19H28N2O4. The van der Waals surface area contributed by atoms with Crippen molar-refractivity contribution in [1.29, 1.82) is 0 Å². The van der Waals surface area contributed by atoms with Crippen LogP contribution in [0, 0.1) is 5.92 Å². The lowest BCUT2D eigenvalue weighted by molar-refractivity contribution is -0.128. The third-order valence-electron chi connectivity index (χ3n) is 4.29. The van der Waals surface area contributed by atoms with E-state index >= 15 is 0 Å². The Balaban J connectivity index is 1.86. The Morgan fingerprint density at radius 3 is 2.56 bits per heavy atom. The molecule has 1 fully saturated rings. The highest BCUT2D eigenvalue weighted by Crippen LogP contribution is 2.28. The first-order valence-electron chi connectivity index (χ1n) is 9.03. The summed E-state index contributed by atoms with van der Waals surface area (Å²) in [5.41, 5.74) is 1.07. The number of nitrogens with zero attached hydrogens (tertiary/aromatic N) is 1. The summed E-state index contributed by atoms with van der Waals surface area (Å²) in [5, 5.41) is 2.94. The van der Waals surface area contributed by atoms with Crippen molar-refractivity contribution in [2.75, 3.05) is 32.8 Å². The van der Waals surface area contributed by atoms with Gasteiger partial charge in [0.1, 0.15) is 0 Å². The second-order valence-corrected chi connectivity index (χ2v) is 6.02. The maximum Gasteiger partial charge on any atom is 0.225 e. The maximum absolute atomic E-state index is 12.2. The molecule has 1 saturated heterocycles. The van der Waals surface area contributed by atoms with E-state index in [2.05, 4.69) is 5.32 Å². The molecule has 0 aromatic heterocycles. The summed E-state index contributed by atoms with van der Waals surface area (Å²) in [6, 6.07) is 5.84. The number of amides is 2. The van der Waals surface area contributed by atoms with Crippen LogP contribution < -0.4 is 14.8 Å². The first kappa shape index (κ1) is 19.1. The molecule has 25 heavy (non-hydrogen) atoms. The molecule has 1 aliphatic rings. The molecule has 0 unspecified atom stereocenters. The van der Waals surface area contributed by atoms with Crippen LogP contribution in [-0.2, 0) is 16.0 Å². The van der Waals surface area contributed by atoms with E-state index in [4.69, 9.17) is 9.47 Å². The van der Waals surface area contributed by atoms with Crippen LogP contribution in [0.2, 0.25) is 0 Å². The van der Waals surface area contributed by atoms with Gasteiger partial charge in [-0.25, -0.2) is 0 Å². The number of nitrogens with one attached hydrogen (secondary N) is 1. The number of carbonyl (C=O) groups excluding carboxylic acids is 2. The van der Waals surface area contributed by atoms with Gasteiger partial charge in [-0.2, -0.15) is 0 Å². The average Bonchev–Trinajstić information content (AvgIpc) is 2.98. The summed E-state index contributed by atoms with van der Waals surface area (Å²) < 4.78 is 11.2. The van der Waals surface area contributed by atoms with Gasteiger partial charge >= 0.3 is 0 Å². The van der Waals surface area contributed by atoms with Crippen molar-refractivity contribution in [3.63, 3.8) is 0 Å². The van der Waals surface area contributed by atoms with E-state index in [-0.39, 0.29) is 17.7 Å². The Morgan fingerprint density at radius 2 is 1.92 bits per heavy atom. The van der Waals surface area contributed by atoms with Crippen LogP contribution in [0.15, 0.2) is 18.2 Å². The third-order valence-corrected chi connectivity index (χ3v) is 4.29. The van der Waals surface area contributed by atoms with Crippen molar-refractivity contribution in [2.45, 2.75) is 33.6 Å². The zero-order chi connectivity index (χ0) is 18.2. The monoisotopic (exact) mass is 348 g/mol. The Kier molecular flexibility index (Phi) is 7.10. The van der Waals surface area contributed by atoms with Crippen molar-refractivity contribution in [3.05, 3.63) is 23.8 Å². The van der Waals surface area contributed by atoms with Gasteiger partial charge in [-0.1, -0.05) is 6.07 Å². The van der Waals surface area contributed by atoms with Crippen LogP contribution in [0.25, 0.3) is 0 Å². The van der Waals surface area contributed by atoms with E-state index in [1.54, 1.807) is 4.90 Å². The predicted molar refractivity (Wildman–Crippen MR) is 95.9 cm³/mol. The lowest BCUT2D eigenvalue weighted by atomic mass is 10.1. The fraction of sp³-hybridized carbons (Fsp3) is 0.579. The molecule has 1 aromatic rings. The molecule has 6 nitrogen and oxygen atoms in total. The van der Waals surface area contributed by atoms with Gasteiger partial charge in [0.15, 0.2) is 11.5 Å². The molecule has 138 valence electrons. The highest BCUT2D eigenvalue weighted by Gasteiger charge is 2.32. The molecule has 0 aliphatic carbocycles. The van der Waals surface area contributed by atoms with Gasteiger partial charge in [0.05, 0.1) is 19.1 Å². The third kappa shape index (κ3) is 5.11. The van der Waals surface area contributed by atoms with Crippen molar-refractivity contribution >= 4 is 11.8 Å². The van der Waals surface area contributed by atoms with Gasteiger partial charge in [0.25, 0.3) is 0 Å². The van der Waals surface area contributed by atoms with E-state index in [9.17, 15) is 9.59 Å². The molecule has 1 aliphatic heterocycles. The largest absolute Gasteiger partial charge is 0.490 e. The van der Waals surface area contributed by atoms with E-state index < -0.39 is 0 Å². The summed E-state index contributed by atoms with van der Waals surface area (Å²) >= 11 is 0. The van der Waals surface area contributed by atoms with Gasteiger partial charge in [0.2, 0.25) is 11.8 Å². The van der Waals surface area contributed by atoms with Gasteiger partial charge in [-0.05, 0) is 44.9 Å². The summed E-state index contributed by atoms with van der Waals surface area (Å²) in [4.78, 5) is 25.7. The summed E-state index contributed by atoms with van der Waals surface area (Å²) in [5.74, 6) is 1.26. The van der Waals surface area contributed by atoms with E-state index in [1.807, 2.05) is 39.0 Å². The summed E-state index contributed by atoms with van der Waals surface area (Å²) in [6.45, 7) is 8.69. The van der Waals surface area contributed by atoms with Crippen LogP contribution in [-0.4, -0.2) is 49.6 Å². The quantitative estimate of drug-likeness (QED) is 0.741. The van der Waals surface area contributed by atoms with E-state index in [0.717, 1.165) is 17.1 Å². The van der Waals surface area contributed by atoms with Crippen molar-refractivity contribution in [3.8, 4) is 11.5 Å². The molecule has 0 saturated carbocycles. The Hall–Kier alpha value is -2.24. The lowest BCUT2D eigenvalue weighted by Crippen LogP contribution is -2.34. The Morgan fingerprint density at radius 1 is 1.20 bits per heavy atom. The number of likely N-dealkylation sites (tertiary alicyclic amines) is 1. The molecule has 1 N–H and O–H groups in total. The Bertz CT molecular complexity index is 603. The predicted octanol–water partition coefficient (Wildman–Crippen LogP) is 2.01. The van der Waals surface area contributed by atoms with Crippen LogP contribution in [0.4, 0.5) is 0 Å². The second-order valence-electron chi connectivity index (χ2n) is 6.02. The van der Waals surface area contributed by atoms with Crippen molar-refractivity contribution in [1.82, 2.24) is 10.2 Å². The smallest absolute Gasteiger partial charge is 0.225 e. The molecule has 2 amide bonds.